The number of guanidine groups is 1. The van der Waals surface area contributed by atoms with Gasteiger partial charge in [-0.05, 0) is 41.1 Å². The molecule has 1 aliphatic rings. The van der Waals surface area contributed by atoms with Crippen molar-refractivity contribution in [1.29, 1.82) is 0 Å². The number of nitrogens with zero attached hydrogens (tertiary/aromatic N) is 2. The van der Waals surface area contributed by atoms with Gasteiger partial charge in [-0.3, -0.25) is 9.79 Å². The molecule has 2 rings (SSSR count). The van der Waals surface area contributed by atoms with E-state index in [-0.39, 0.29) is 11.8 Å². The van der Waals surface area contributed by atoms with Crippen LogP contribution in [-0.2, 0) is 4.79 Å². The van der Waals surface area contributed by atoms with Crippen molar-refractivity contribution in [2.75, 3.05) is 26.7 Å². The van der Waals surface area contributed by atoms with Crippen molar-refractivity contribution < 1.29 is 4.79 Å². The smallest absolute Gasteiger partial charge is 0.225 e. The van der Waals surface area contributed by atoms with Crippen LogP contribution in [0.2, 0.25) is 0 Å². The van der Waals surface area contributed by atoms with Crippen molar-refractivity contribution in [2.45, 2.75) is 45.6 Å². The molecule has 1 atom stereocenters. The predicted molar refractivity (Wildman–Crippen MR) is 102 cm³/mol. The molecule has 0 saturated carbocycles. The zero-order chi connectivity index (χ0) is 17.5. The summed E-state index contributed by atoms with van der Waals surface area (Å²) >= 11 is 1.73. The monoisotopic (exact) mass is 350 g/mol. The molecule has 24 heavy (non-hydrogen) atoms. The van der Waals surface area contributed by atoms with E-state index in [1.807, 2.05) is 25.8 Å². The lowest BCUT2D eigenvalue weighted by Gasteiger charge is -2.34. The fourth-order valence-corrected chi connectivity index (χ4v) is 3.70. The molecule has 1 saturated heterocycles. The van der Waals surface area contributed by atoms with Crippen LogP contribution >= 0.6 is 11.3 Å². The van der Waals surface area contributed by atoms with E-state index >= 15 is 0 Å². The molecule has 1 aromatic rings. The van der Waals surface area contributed by atoms with E-state index in [1.165, 1.54) is 5.56 Å². The summed E-state index contributed by atoms with van der Waals surface area (Å²) in [4.78, 5) is 18.4. The Hall–Kier alpha value is -1.56. The zero-order valence-electron chi connectivity index (χ0n) is 15.2. The highest BCUT2D eigenvalue weighted by Crippen LogP contribution is 2.17. The standard InChI is InChI=1S/C18H30N4OS/c1-13(2)17(23)22-8-5-16(6-9-22)21-18(19-4)20-11-14(3)15-7-10-24-12-15/h7,10,12-14,16H,5-6,8-9,11H2,1-4H3,(H2,19,20,21). The molecular weight excluding hydrogens is 320 g/mol. The molecule has 134 valence electrons. The van der Waals surface area contributed by atoms with Crippen LogP contribution in [0.15, 0.2) is 21.8 Å². The lowest BCUT2D eigenvalue weighted by molar-refractivity contribution is -0.135. The number of amides is 1. The van der Waals surface area contributed by atoms with Gasteiger partial charge in [-0.15, -0.1) is 0 Å². The van der Waals surface area contributed by atoms with E-state index in [0.29, 0.717) is 12.0 Å². The largest absolute Gasteiger partial charge is 0.356 e. The van der Waals surface area contributed by atoms with Crippen molar-refractivity contribution in [3.05, 3.63) is 22.4 Å². The number of thiophene rings is 1. The second kappa shape index (κ2) is 9.06. The molecule has 5 nitrogen and oxygen atoms in total. The fourth-order valence-electron chi connectivity index (χ4n) is 2.92. The fraction of sp³-hybridized carbons (Fsp3) is 0.667. The van der Waals surface area contributed by atoms with E-state index in [4.69, 9.17) is 0 Å². The second-order valence-corrected chi connectivity index (χ2v) is 7.59. The van der Waals surface area contributed by atoms with Crippen LogP contribution in [0, 0.1) is 5.92 Å². The van der Waals surface area contributed by atoms with Crippen molar-refractivity contribution in [2.24, 2.45) is 10.9 Å². The number of hydrogen-bond donors (Lipinski definition) is 2. The molecule has 1 fully saturated rings. The minimum Gasteiger partial charge on any atom is -0.356 e. The van der Waals surface area contributed by atoms with Gasteiger partial charge >= 0.3 is 0 Å². The first kappa shape index (κ1) is 18.8. The summed E-state index contributed by atoms with van der Waals surface area (Å²) in [7, 11) is 1.81. The molecule has 0 spiro atoms. The van der Waals surface area contributed by atoms with Gasteiger partial charge in [0, 0.05) is 38.6 Å². The van der Waals surface area contributed by atoms with Crippen molar-refractivity contribution in [1.82, 2.24) is 15.5 Å². The van der Waals surface area contributed by atoms with Gasteiger partial charge in [0.05, 0.1) is 0 Å². The highest BCUT2D eigenvalue weighted by atomic mass is 32.1. The third-order valence-corrected chi connectivity index (χ3v) is 5.25. The lowest BCUT2D eigenvalue weighted by Crippen LogP contribution is -2.50. The number of nitrogens with one attached hydrogen (secondary N) is 2. The molecule has 6 heteroatoms. The lowest BCUT2D eigenvalue weighted by atomic mass is 10.0. The summed E-state index contributed by atoms with van der Waals surface area (Å²) in [5, 5.41) is 11.2. The molecular formula is C18H30N4OS. The maximum absolute atomic E-state index is 12.0. The zero-order valence-corrected chi connectivity index (χ0v) is 16.0. The molecule has 1 aromatic heterocycles. The van der Waals surface area contributed by atoms with Gasteiger partial charge in [-0.25, -0.2) is 0 Å². The van der Waals surface area contributed by atoms with Gasteiger partial charge in [0.25, 0.3) is 0 Å². The van der Waals surface area contributed by atoms with Crippen molar-refractivity contribution in [3.63, 3.8) is 0 Å². The van der Waals surface area contributed by atoms with Gasteiger partial charge in [0.15, 0.2) is 5.96 Å². The molecule has 0 bridgehead atoms. The maximum atomic E-state index is 12.0. The van der Waals surface area contributed by atoms with Crippen LogP contribution < -0.4 is 10.6 Å². The van der Waals surface area contributed by atoms with Crippen LogP contribution in [0.1, 0.15) is 45.1 Å². The van der Waals surface area contributed by atoms with Crippen LogP contribution in [0.5, 0.6) is 0 Å². The molecule has 0 aliphatic carbocycles. The predicted octanol–water partition coefficient (Wildman–Crippen LogP) is 2.66. The summed E-state index contributed by atoms with van der Waals surface area (Å²) in [6.45, 7) is 8.67. The Morgan fingerprint density at radius 3 is 2.62 bits per heavy atom. The number of carbonyl (C=O) groups excluding carboxylic acids is 1. The molecule has 1 aliphatic heterocycles. The molecule has 0 aromatic carbocycles. The molecule has 2 heterocycles. The SMILES string of the molecule is CN=C(NCC(C)c1ccsc1)NC1CCN(C(=O)C(C)C)CC1. The average Bonchev–Trinajstić information content (AvgIpc) is 3.12. The number of aliphatic imine (C=N–C) groups is 1. The summed E-state index contributed by atoms with van der Waals surface area (Å²) in [6.07, 6.45) is 1.94. The minimum absolute atomic E-state index is 0.0857. The van der Waals surface area contributed by atoms with Gasteiger partial charge in [-0.1, -0.05) is 20.8 Å². The average molecular weight is 351 g/mol. The number of hydrogen-bond acceptors (Lipinski definition) is 3. The van der Waals surface area contributed by atoms with E-state index in [9.17, 15) is 4.79 Å². The Morgan fingerprint density at radius 1 is 1.38 bits per heavy atom. The van der Waals surface area contributed by atoms with Crippen LogP contribution in [0.3, 0.4) is 0 Å². The van der Waals surface area contributed by atoms with Gasteiger partial charge in [0.2, 0.25) is 5.91 Å². The van der Waals surface area contributed by atoms with Gasteiger partial charge in [-0.2, -0.15) is 11.3 Å². The molecule has 2 N–H and O–H groups in total. The third kappa shape index (κ3) is 5.23. The molecule has 0 radical (unpaired) electrons. The van der Waals surface area contributed by atoms with Crippen LogP contribution in [0.25, 0.3) is 0 Å². The maximum Gasteiger partial charge on any atom is 0.225 e. The van der Waals surface area contributed by atoms with Crippen LogP contribution in [-0.4, -0.2) is 49.5 Å². The summed E-state index contributed by atoms with van der Waals surface area (Å²) in [6, 6.07) is 2.55. The summed E-state index contributed by atoms with van der Waals surface area (Å²) < 4.78 is 0. The highest BCUT2D eigenvalue weighted by molar-refractivity contribution is 7.07. The molecule has 1 unspecified atom stereocenters. The van der Waals surface area contributed by atoms with E-state index in [1.54, 1.807) is 11.3 Å². The summed E-state index contributed by atoms with van der Waals surface area (Å²) in [5.41, 5.74) is 1.36. The third-order valence-electron chi connectivity index (χ3n) is 4.55. The topological polar surface area (TPSA) is 56.7 Å². The van der Waals surface area contributed by atoms with E-state index < -0.39 is 0 Å². The summed E-state index contributed by atoms with van der Waals surface area (Å²) in [5.74, 6) is 1.66. The number of piperidine rings is 1. The quantitative estimate of drug-likeness (QED) is 0.634. The van der Waals surface area contributed by atoms with Crippen LogP contribution in [0.4, 0.5) is 0 Å². The van der Waals surface area contributed by atoms with Crippen molar-refractivity contribution >= 4 is 23.2 Å². The van der Waals surface area contributed by atoms with E-state index in [0.717, 1.165) is 38.4 Å². The van der Waals surface area contributed by atoms with Gasteiger partial charge < -0.3 is 15.5 Å². The minimum atomic E-state index is 0.0857. The van der Waals surface area contributed by atoms with Gasteiger partial charge in [0.1, 0.15) is 0 Å². The Balaban J connectivity index is 1.75. The highest BCUT2D eigenvalue weighted by Gasteiger charge is 2.24. The first-order valence-corrected chi connectivity index (χ1v) is 9.73. The second-order valence-electron chi connectivity index (χ2n) is 6.81. The Bertz CT molecular complexity index is 533. The number of carbonyl (C=O) groups is 1. The van der Waals surface area contributed by atoms with Crippen molar-refractivity contribution in [3.8, 4) is 0 Å². The number of rotatable bonds is 5. The normalized spacial score (nSPS) is 17.9. The van der Waals surface area contributed by atoms with E-state index in [2.05, 4.69) is 39.4 Å². The number of likely N-dealkylation sites (tertiary alicyclic amines) is 1. The Labute approximate surface area is 149 Å². The first-order valence-electron chi connectivity index (χ1n) is 8.79. The first-order chi connectivity index (χ1) is 11.5. The Kier molecular flexibility index (Phi) is 7.09. The Morgan fingerprint density at radius 2 is 2.08 bits per heavy atom. The molecule has 1 amide bonds.